The maximum absolute atomic E-state index is 13.0. The molecule has 0 saturated carbocycles. The number of ether oxygens (including phenoxy) is 1. The predicted molar refractivity (Wildman–Crippen MR) is 171 cm³/mol. The zero-order chi connectivity index (χ0) is 29.5. The summed E-state index contributed by atoms with van der Waals surface area (Å²) in [5, 5.41) is 0.765. The summed E-state index contributed by atoms with van der Waals surface area (Å²) in [6, 6.07) is 22.6. The van der Waals surface area contributed by atoms with Crippen molar-refractivity contribution >= 4 is 28.7 Å². The summed E-state index contributed by atoms with van der Waals surface area (Å²) in [4.78, 5) is 22.1. The van der Waals surface area contributed by atoms with Gasteiger partial charge in [-0.25, -0.2) is 9.78 Å². The number of aromatic nitrogens is 2. The second kappa shape index (κ2) is 14.0. The molecule has 1 fully saturated rings. The van der Waals surface area contributed by atoms with Crippen molar-refractivity contribution in [3.05, 3.63) is 113 Å². The van der Waals surface area contributed by atoms with Crippen LogP contribution in [-0.2, 0) is 17.9 Å². The number of nitrogens with zero attached hydrogens (tertiary/aromatic N) is 4. The van der Waals surface area contributed by atoms with Gasteiger partial charge in [-0.3, -0.25) is 0 Å². The molecular formula is C35H41ClN4O2. The van der Waals surface area contributed by atoms with Crippen molar-refractivity contribution in [2.24, 2.45) is 0 Å². The molecule has 1 aromatic heterocycles. The lowest BCUT2D eigenvalue weighted by molar-refractivity contribution is 0.0654. The summed E-state index contributed by atoms with van der Waals surface area (Å²) in [6.07, 6.45) is 6.33. The fraction of sp³-hybridized carbons (Fsp3) is 0.371. The Morgan fingerprint density at radius 3 is 2.60 bits per heavy atom. The monoisotopic (exact) mass is 584 g/mol. The largest absolute Gasteiger partial charge is 0.445 e. The Hall–Kier alpha value is -3.61. The Bertz CT molecular complexity index is 1490. The average Bonchev–Trinajstić information content (AvgIpc) is 3.38. The quantitative estimate of drug-likeness (QED) is 0.169. The fourth-order valence-corrected chi connectivity index (χ4v) is 6.13. The molecule has 2 heterocycles. The molecule has 4 aromatic rings. The minimum absolute atomic E-state index is 0.148. The van der Waals surface area contributed by atoms with Gasteiger partial charge in [-0.1, -0.05) is 60.1 Å². The first-order valence-corrected chi connectivity index (χ1v) is 15.3. The third-order valence-corrected chi connectivity index (χ3v) is 8.77. The van der Waals surface area contributed by atoms with Crippen LogP contribution in [0.5, 0.6) is 0 Å². The first kappa shape index (κ1) is 29.9. The number of carbonyl (C=O) groups excluding carboxylic acids is 1. The number of benzene rings is 3. The number of rotatable bonds is 11. The van der Waals surface area contributed by atoms with E-state index in [1.54, 1.807) is 6.08 Å². The van der Waals surface area contributed by atoms with E-state index in [4.69, 9.17) is 21.3 Å². The van der Waals surface area contributed by atoms with Gasteiger partial charge in [0.15, 0.2) is 0 Å². The highest BCUT2D eigenvalue weighted by molar-refractivity contribution is 6.30. The molecule has 42 heavy (non-hydrogen) atoms. The number of fused-ring (bicyclic) bond motifs is 1. The van der Waals surface area contributed by atoms with Crippen LogP contribution in [0.4, 0.5) is 4.79 Å². The number of hydrogen-bond donors (Lipinski definition) is 0. The summed E-state index contributed by atoms with van der Waals surface area (Å²) >= 11 is 6.43. The Morgan fingerprint density at radius 2 is 1.86 bits per heavy atom. The number of piperidine rings is 1. The van der Waals surface area contributed by atoms with Gasteiger partial charge in [0.05, 0.1) is 17.4 Å². The van der Waals surface area contributed by atoms with Gasteiger partial charge in [-0.15, -0.1) is 6.58 Å². The van der Waals surface area contributed by atoms with E-state index >= 15 is 0 Å². The predicted octanol–water partition coefficient (Wildman–Crippen LogP) is 7.77. The summed E-state index contributed by atoms with van der Waals surface area (Å²) in [6.45, 7) is 12.7. The van der Waals surface area contributed by atoms with Gasteiger partial charge in [0, 0.05) is 43.2 Å². The molecule has 0 radical (unpaired) electrons. The normalized spacial score (nSPS) is 15.0. The van der Waals surface area contributed by atoms with Crippen LogP contribution in [0.15, 0.2) is 85.7 Å². The summed E-state index contributed by atoms with van der Waals surface area (Å²) in [5.74, 6) is 0.297. The summed E-state index contributed by atoms with van der Waals surface area (Å²) in [7, 11) is 0. The van der Waals surface area contributed by atoms with Crippen LogP contribution in [0, 0.1) is 13.8 Å². The number of halogens is 1. The Morgan fingerprint density at radius 1 is 1.10 bits per heavy atom. The summed E-state index contributed by atoms with van der Waals surface area (Å²) in [5.41, 5.74) is 6.99. The molecule has 1 amide bonds. The molecule has 0 N–H and O–H groups in total. The molecule has 5 rings (SSSR count). The molecule has 0 aliphatic carbocycles. The van der Waals surface area contributed by atoms with Crippen LogP contribution in [-0.4, -0.2) is 57.7 Å². The average molecular weight is 585 g/mol. The van der Waals surface area contributed by atoms with Crippen molar-refractivity contribution in [1.29, 1.82) is 0 Å². The van der Waals surface area contributed by atoms with Crippen molar-refractivity contribution in [2.45, 2.75) is 58.2 Å². The zero-order valence-corrected chi connectivity index (χ0v) is 25.5. The number of carbonyl (C=O) groups is 1. The van der Waals surface area contributed by atoms with Crippen molar-refractivity contribution < 1.29 is 9.53 Å². The molecular weight excluding hydrogens is 544 g/mol. The van der Waals surface area contributed by atoms with E-state index in [2.05, 4.69) is 54.2 Å². The molecule has 220 valence electrons. The van der Waals surface area contributed by atoms with Gasteiger partial charge in [-0.05, 0) is 86.2 Å². The first-order valence-electron chi connectivity index (χ1n) is 14.9. The maximum atomic E-state index is 13.0. The molecule has 0 bridgehead atoms. The highest BCUT2D eigenvalue weighted by Crippen LogP contribution is 2.28. The molecule has 0 unspecified atom stereocenters. The van der Waals surface area contributed by atoms with Crippen LogP contribution >= 0.6 is 11.6 Å². The van der Waals surface area contributed by atoms with E-state index < -0.39 is 0 Å². The molecule has 1 saturated heterocycles. The minimum Gasteiger partial charge on any atom is -0.445 e. The second-order valence-electron chi connectivity index (χ2n) is 11.4. The Kier molecular flexibility index (Phi) is 9.98. The van der Waals surface area contributed by atoms with Gasteiger partial charge < -0.3 is 19.1 Å². The van der Waals surface area contributed by atoms with Gasteiger partial charge in [0.1, 0.15) is 6.61 Å². The Balaban J connectivity index is 1.21. The highest BCUT2D eigenvalue weighted by atomic mass is 35.5. The maximum Gasteiger partial charge on any atom is 0.410 e. The molecule has 1 aliphatic rings. The van der Waals surface area contributed by atoms with Gasteiger partial charge in [0.25, 0.3) is 0 Å². The third-order valence-electron chi connectivity index (χ3n) is 8.53. The van der Waals surface area contributed by atoms with Crippen LogP contribution in [0.25, 0.3) is 11.0 Å². The number of imidazole rings is 1. The van der Waals surface area contributed by atoms with E-state index in [0.29, 0.717) is 12.5 Å². The first-order chi connectivity index (χ1) is 20.4. The Labute approximate surface area is 254 Å². The van der Waals surface area contributed by atoms with E-state index in [9.17, 15) is 4.79 Å². The van der Waals surface area contributed by atoms with Crippen molar-refractivity contribution in [1.82, 2.24) is 19.4 Å². The van der Waals surface area contributed by atoms with Gasteiger partial charge >= 0.3 is 6.09 Å². The van der Waals surface area contributed by atoms with Gasteiger partial charge in [0.2, 0.25) is 0 Å². The second-order valence-corrected chi connectivity index (χ2v) is 11.9. The van der Waals surface area contributed by atoms with Crippen molar-refractivity contribution in [3.63, 3.8) is 0 Å². The lowest BCUT2D eigenvalue weighted by Gasteiger charge is -2.38. The smallest absolute Gasteiger partial charge is 0.410 e. The lowest BCUT2D eigenvalue weighted by atomic mass is 9.94. The van der Waals surface area contributed by atoms with Crippen LogP contribution in [0.1, 0.15) is 47.4 Å². The summed E-state index contributed by atoms with van der Waals surface area (Å²) < 4.78 is 7.95. The molecule has 1 atom stereocenters. The minimum atomic E-state index is -0.267. The lowest BCUT2D eigenvalue weighted by Crippen LogP contribution is -2.47. The van der Waals surface area contributed by atoms with Crippen LogP contribution in [0.3, 0.4) is 0 Å². The molecule has 6 nitrogen and oxygen atoms in total. The molecule has 7 heteroatoms. The topological polar surface area (TPSA) is 50.6 Å². The van der Waals surface area contributed by atoms with E-state index in [0.717, 1.165) is 61.5 Å². The van der Waals surface area contributed by atoms with Gasteiger partial charge in [-0.2, -0.15) is 0 Å². The number of amides is 1. The van der Waals surface area contributed by atoms with Crippen LogP contribution in [0.2, 0.25) is 5.02 Å². The van der Waals surface area contributed by atoms with E-state index in [-0.39, 0.29) is 18.7 Å². The standard InChI is InChI=1S/C35H41ClN4O2/c1-4-16-40(35(41)42-24-28-9-6-5-7-10-28)32-14-18-38(19-15-32)17-13-30(29-11-8-12-31(36)22-29)23-39-25-37-33-20-26(2)27(3)21-34(33)39/h4-12,20-22,25,30,32H,1,13-19,23-24H2,2-3H3/t30-/m1/s1. The van der Waals surface area contributed by atoms with Crippen LogP contribution < -0.4 is 0 Å². The number of likely N-dealkylation sites (tertiary alicyclic amines) is 1. The highest BCUT2D eigenvalue weighted by Gasteiger charge is 2.29. The van der Waals surface area contributed by atoms with Crippen molar-refractivity contribution in [2.75, 3.05) is 26.2 Å². The molecule has 0 spiro atoms. The van der Waals surface area contributed by atoms with E-state index in [1.807, 2.05) is 53.7 Å². The SMILES string of the molecule is C=CCN(C(=O)OCc1ccccc1)C1CCN(CC[C@H](Cn2cnc3cc(C)c(C)cc32)c2cccc(Cl)c2)CC1. The third kappa shape index (κ3) is 7.42. The molecule has 3 aromatic carbocycles. The fourth-order valence-electron chi connectivity index (χ4n) is 5.93. The molecule has 1 aliphatic heterocycles. The number of aryl methyl sites for hydroxylation is 2. The zero-order valence-electron chi connectivity index (χ0n) is 24.7. The number of hydrogen-bond acceptors (Lipinski definition) is 4. The van der Waals surface area contributed by atoms with E-state index in [1.165, 1.54) is 22.2 Å². The van der Waals surface area contributed by atoms with Crippen molar-refractivity contribution in [3.8, 4) is 0 Å².